The summed E-state index contributed by atoms with van der Waals surface area (Å²) in [6, 6.07) is 7.14. The minimum Gasteiger partial charge on any atom is -0.439 e. The normalized spacial score (nSPS) is 10.1. The van der Waals surface area contributed by atoms with Crippen LogP contribution in [0.25, 0.3) is 11.1 Å². The second-order valence-corrected chi connectivity index (χ2v) is 3.15. The second-order valence-electron chi connectivity index (χ2n) is 3.15. The number of para-hydroxylation sites is 1. The zero-order valence-corrected chi connectivity index (χ0v) is 8.15. The van der Waals surface area contributed by atoms with Crippen LogP contribution in [0.2, 0.25) is 0 Å². The average molecular weight is 200 g/mol. The summed E-state index contributed by atoms with van der Waals surface area (Å²) in [6.45, 7) is 1.47. The molecule has 0 N–H and O–H groups in total. The first kappa shape index (κ1) is 9.41. The highest BCUT2D eigenvalue weighted by molar-refractivity contribution is 6.03. The quantitative estimate of drug-likeness (QED) is 0.696. The van der Waals surface area contributed by atoms with Crippen molar-refractivity contribution in [2.24, 2.45) is 0 Å². The molecule has 74 valence electrons. The van der Waals surface area contributed by atoms with Crippen LogP contribution in [0.15, 0.2) is 22.6 Å². The molecule has 0 unspecified atom stereocenters. The molecule has 1 aromatic heterocycles. The number of nitrogens with zero attached hydrogens (tertiary/aromatic N) is 2. The van der Waals surface area contributed by atoms with Crippen LogP contribution in [0.5, 0.6) is 0 Å². The Morgan fingerprint density at radius 2 is 2.40 bits per heavy atom. The third kappa shape index (κ3) is 1.59. The molecule has 0 saturated heterocycles. The minimum atomic E-state index is -0.0692. The number of nitriles is 1. The van der Waals surface area contributed by atoms with Crippen LogP contribution in [0.3, 0.4) is 0 Å². The van der Waals surface area contributed by atoms with Crippen LogP contribution in [0, 0.1) is 11.3 Å². The Balaban J connectivity index is 2.65. The van der Waals surface area contributed by atoms with Crippen LogP contribution < -0.4 is 0 Å². The Hall–Kier alpha value is -2.15. The minimum absolute atomic E-state index is 0.0692. The molecule has 0 bridgehead atoms. The smallest absolute Gasteiger partial charge is 0.209 e. The Kier molecular flexibility index (Phi) is 2.22. The van der Waals surface area contributed by atoms with E-state index in [4.69, 9.17) is 9.68 Å². The fourth-order valence-corrected chi connectivity index (χ4v) is 1.42. The van der Waals surface area contributed by atoms with Gasteiger partial charge in [0.25, 0.3) is 0 Å². The van der Waals surface area contributed by atoms with Crippen LogP contribution >= 0.6 is 0 Å². The largest absolute Gasteiger partial charge is 0.439 e. The maximum absolute atomic E-state index is 11.3. The number of benzene rings is 1. The van der Waals surface area contributed by atoms with E-state index in [0.29, 0.717) is 22.6 Å². The van der Waals surface area contributed by atoms with Crippen LogP contribution in [0.1, 0.15) is 23.2 Å². The van der Waals surface area contributed by atoms with Gasteiger partial charge in [0.1, 0.15) is 11.9 Å². The SMILES string of the molecule is CC(=O)c1cccc2nc(CC#N)oc12. The molecule has 0 saturated carbocycles. The lowest BCUT2D eigenvalue weighted by molar-refractivity contribution is 0.101. The number of carbonyl (C=O) groups is 1. The summed E-state index contributed by atoms with van der Waals surface area (Å²) in [5, 5.41) is 8.51. The summed E-state index contributed by atoms with van der Waals surface area (Å²) in [5.41, 5.74) is 1.59. The topological polar surface area (TPSA) is 66.9 Å². The number of aromatic nitrogens is 1. The fraction of sp³-hybridized carbons (Fsp3) is 0.182. The molecule has 1 aromatic carbocycles. The molecule has 0 atom stereocenters. The molecule has 4 heteroatoms. The summed E-state index contributed by atoms with van der Waals surface area (Å²) in [4.78, 5) is 15.4. The van der Waals surface area contributed by atoms with Gasteiger partial charge in [0.15, 0.2) is 11.4 Å². The van der Waals surface area contributed by atoms with Crippen molar-refractivity contribution in [2.45, 2.75) is 13.3 Å². The van der Waals surface area contributed by atoms with Gasteiger partial charge in [-0.3, -0.25) is 4.79 Å². The van der Waals surface area contributed by atoms with Crippen molar-refractivity contribution in [3.05, 3.63) is 29.7 Å². The van der Waals surface area contributed by atoms with Crippen molar-refractivity contribution in [3.8, 4) is 6.07 Å². The van der Waals surface area contributed by atoms with Gasteiger partial charge in [0.2, 0.25) is 5.89 Å². The number of fused-ring (bicyclic) bond motifs is 1. The van der Waals surface area contributed by atoms with Gasteiger partial charge in [0.05, 0.1) is 11.6 Å². The highest BCUT2D eigenvalue weighted by atomic mass is 16.3. The summed E-state index contributed by atoms with van der Waals surface area (Å²) < 4.78 is 5.35. The van der Waals surface area contributed by atoms with Crippen LogP contribution in [-0.2, 0) is 6.42 Å². The molecular weight excluding hydrogens is 192 g/mol. The zero-order valence-electron chi connectivity index (χ0n) is 8.15. The number of hydrogen-bond donors (Lipinski definition) is 0. The molecular formula is C11H8N2O2. The van der Waals surface area contributed by atoms with Crippen molar-refractivity contribution in [3.63, 3.8) is 0 Å². The first-order chi connectivity index (χ1) is 7.22. The molecule has 0 aliphatic carbocycles. The van der Waals surface area contributed by atoms with Gasteiger partial charge in [-0.25, -0.2) is 4.98 Å². The van der Waals surface area contributed by atoms with Crippen molar-refractivity contribution < 1.29 is 9.21 Å². The van der Waals surface area contributed by atoms with Gasteiger partial charge < -0.3 is 4.42 Å². The Bertz CT molecular complexity index is 563. The van der Waals surface area contributed by atoms with E-state index in [-0.39, 0.29) is 12.2 Å². The van der Waals surface area contributed by atoms with Crippen molar-refractivity contribution in [1.82, 2.24) is 4.98 Å². The molecule has 4 nitrogen and oxygen atoms in total. The fourth-order valence-electron chi connectivity index (χ4n) is 1.42. The van der Waals surface area contributed by atoms with Gasteiger partial charge in [-0.2, -0.15) is 5.26 Å². The molecule has 2 aromatic rings. The van der Waals surface area contributed by atoms with Crippen molar-refractivity contribution in [1.29, 1.82) is 5.26 Å². The van der Waals surface area contributed by atoms with E-state index >= 15 is 0 Å². The van der Waals surface area contributed by atoms with E-state index in [1.54, 1.807) is 18.2 Å². The molecule has 2 rings (SSSR count). The molecule has 0 aliphatic rings. The molecule has 0 aliphatic heterocycles. The van der Waals surface area contributed by atoms with Gasteiger partial charge >= 0.3 is 0 Å². The summed E-state index contributed by atoms with van der Waals surface area (Å²) in [6.07, 6.45) is 0.117. The monoisotopic (exact) mass is 200 g/mol. The van der Waals surface area contributed by atoms with Crippen LogP contribution in [0.4, 0.5) is 0 Å². The third-order valence-corrected chi connectivity index (χ3v) is 2.07. The summed E-state index contributed by atoms with van der Waals surface area (Å²) >= 11 is 0. The lowest BCUT2D eigenvalue weighted by atomic mass is 10.1. The van der Waals surface area contributed by atoms with Gasteiger partial charge in [-0.05, 0) is 19.1 Å². The zero-order chi connectivity index (χ0) is 10.8. The van der Waals surface area contributed by atoms with Crippen LogP contribution in [-0.4, -0.2) is 10.8 Å². The molecule has 0 radical (unpaired) electrons. The third-order valence-electron chi connectivity index (χ3n) is 2.07. The first-order valence-corrected chi connectivity index (χ1v) is 4.48. The number of ketones is 1. The maximum Gasteiger partial charge on any atom is 0.209 e. The van der Waals surface area contributed by atoms with E-state index in [1.165, 1.54) is 6.92 Å². The Labute approximate surface area is 86.1 Å². The summed E-state index contributed by atoms with van der Waals surface area (Å²) in [7, 11) is 0. The van der Waals surface area contributed by atoms with Crippen molar-refractivity contribution >= 4 is 16.9 Å². The summed E-state index contributed by atoms with van der Waals surface area (Å²) in [5.74, 6) is 0.279. The second kappa shape index (κ2) is 3.54. The standard InChI is InChI=1S/C11H8N2O2/c1-7(14)8-3-2-4-9-11(8)15-10(13-9)5-6-12/h2-4H,5H2,1H3. The number of oxazole rings is 1. The van der Waals surface area contributed by atoms with E-state index in [2.05, 4.69) is 4.98 Å². The van der Waals surface area contributed by atoms with Gasteiger partial charge in [0, 0.05) is 0 Å². The van der Waals surface area contributed by atoms with E-state index in [9.17, 15) is 4.79 Å². The Morgan fingerprint density at radius 3 is 3.07 bits per heavy atom. The van der Waals surface area contributed by atoms with Crippen molar-refractivity contribution in [2.75, 3.05) is 0 Å². The average Bonchev–Trinajstić information content (AvgIpc) is 2.59. The molecule has 1 heterocycles. The van der Waals surface area contributed by atoms with Gasteiger partial charge in [-0.15, -0.1) is 0 Å². The lowest BCUT2D eigenvalue weighted by Gasteiger charge is -1.93. The lowest BCUT2D eigenvalue weighted by Crippen LogP contribution is -1.91. The first-order valence-electron chi connectivity index (χ1n) is 4.48. The Morgan fingerprint density at radius 1 is 1.60 bits per heavy atom. The number of hydrogen-bond acceptors (Lipinski definition) is 4. The van der Waals surface area contributed by atoms with E-state index in [0.717, 1.165) is 0 Å². The van der Waals surface area contributed by atoms with E-state index in [1.807, 2.05) is 6.07 Å². The number of rotatable bonds is 2. The molecule has 0 amide bonds. The van der Waals surface area contributed by atoms with Gasteiger partial charge in [-0.1, -0.05) is 6.07 Å². The predicted octanol–water partition coefficient (Wildman–Crippen LogP) is 2.10. The van der Waals surface area contributed by atoms with E-state index < -0.39 is 0 Å². The number of carbonyl (C=O) groups excluding carboxylic acids is 1. The number of Topliss-reactive ketones (excluding diaryl/α,β-unsaturated/α-hetero) is 1. The highest BCUT2D eigenvalue weighted by Crippen LogP contribution is 2.20. The molecule has 15 heavy (non-hydrogen) atoms. The molecule has 0 spiro atoms. The highest BCUT2D eigenvalue weighted by Gasteiger charge is 2.11. The maximum atomic E-state index is 11.3. The molecule has 0 fully saturated rings. The predicted molar refractivity (Wildman–Crippen MR) is 53.3 cm³/mol.